The molecule has 1 fully saturated rings. The highest BCUT2D eigenvalue weighted by Crippen LogP contribution is 2.27. The van der Waals surface area contributed by atoms with E-state index in [1.807, 2.05) is 20.8 Å². The van der Waals surface area contributed by atoms with Crippen LogP contribution < -0.4 is 5.32 Å². The summed E-state index contributed by atoms with van der Waals surface area (Å²) >= 11 is 0. The molecule has 0 spiro atoms. The number of hydrogen-bond donors (Lipinski definition) is 1. The van der Waals surface area contributed by atoms with Crippen molar-refractivity contribution in [2.45, 2.75) is 33.2 Å². The molecule has 0 aromatic rings. The molecule has 0 aromatic heterocycles. The van der Waals surface area contributed by atoms with Gasteiger partial charge in [0.25, 0.3) is 0 Å². The molecule has 0 saturated carbocycles. The fourth-order valence-corrected chi connectivity index (χ4v) is 1.33. The van der Waals surface area contributed by atoms with Gasteiger partial charge < -0.3 is 5.32 Å². The summed E-state index contributed by atoms with van der Waals surface area (Å²) in [6, 6.07) is 0.368. The maximum Gasteiger partial charge on any atom is 0.225 e. The highest BCUT2D eigenvalue weighted by atomic mass is 16.2. The quantitative estimate of drug-likeness (QED) is 0.515. The Balaban J connectivity index is 2.70. The van der Waals surface area contributed by atoms with Gasteiger partial charge in [0.15, 0.2) is 0 Å². The molecule has 1 saturated heterocycles. The van der Waals surface area contributed by atoms with Crippen LogP contribution in [0.5, 0.6) is 0 Å². The van der Waals surface area contributed by atoms with Gasteiger partial charge in [-0.2, -0.15) is 0 Å². The summed E-state index contributed by atoms with van der Waals surface area (Å²) in [7, 11) is 0. The third-order valence-electron chi connectivity index (χ3n) is 1.81. The molecule has 1 aliphatic heterocycles. The van der Waals surface area contributed by atoms with E-state index < -0.39 is 0 Å². The second-order valence-corrected chi connectivity index (χ2v) is 3.46. The van der Waals surface area contributed by atoms with Gasteiger partial charge in [-0.15, -0.1) is 0 Å². The lowest BCUT2D eigenvalue weighted by Gasteiger charge is -2.10. The first-order valence-corrected chi connectivity index (χ1v) is 3.33. The SMILES string of the molecule is CC1CC(C)(C)C(=O)N1. The molecule has 1 rings (SSSR count). The summed E-state index contributed by atoms with van der Waals surface area (Å²) in [5.41, 5.74) is -0.126. The van der Waals surface area contributed by atoms with Crippen LogP contribution in [0.3, 0.4) is 0 Å². The molecular weight excluding hydrogens is 114 g/mol. The maximum absolute atomic E-state index is 11.0. The normalized spacial score (nSPS) is 32.3. The summed E-state index contributed by atoms with van der Waals surface area (Å²) in [6.07, 6.45) is 0.964. The van der Waals surface area contributed by atoms with Crippen molar-refractivity contribution in [2.75, 3.05) is 0 Å². The van der Waals surface area contributed by atoms with Crippen molar-refractivity contribution in [3.63, 3.8) is 0 Å². The first-order chi connectivity index (χ1) is 4.02. The second kappa shape index (κ2) is 1.72. The molecule has 1 amide bonds. The third-order valence-corrected chi connectivity index (χ3v) is 1.81. The summed E-state index contributed by atoms with van der Waals surface area (Å²) in [6.45, 7) is 5.99. The highest BCUT2D eigenvalue weighted by Gasteiger charge is 2.36. The van der Waals surface area contributed by atoms with Gasteiger partial charge in [0.2, 0.25) is 5.91 Å². The van der Waals surface area contributed by atoms with Gasteiger partial charge in [-0.25, -0.2) is 0 Å². The van der Waals surface area contributed by atoms with Crippen LogP contribution in [-0.4, -0.2) is 11.9 Å². The Morgan fingerprint density at radius 3 is 2.33 bits per heavy atom. The molecule has 0 aliphatic carbocycles. The van der Waals surface area contributed by atoms with Gasteiger partial charge >= 0.3 is 0 Å². The lowest BCUT2D eigenvalue weighted by molar-refractivity contribution is -0.126. The smallest absolute Gasteiger partial charge is 0.225 e. The molecule has 1 unspecified atom stereocenters. The first-order valence-electron chi connectivity index (χ1n) is 3.33. The zero-order chi connectivity index (χ0) is 7.07. The number of amides is 1. The summed E-state index contributed by atoms with van der Waals surface area (Å²) in [5.74, 6) is 0.190. The van der Waals surface area contributed by atoms with E-state index in [1.54, 1.807) is 0 Å². The van der Waals surface area contributed by atoms with Gasteiger partial charge in [0, 0.05) is 11.5 Å². The van der Waals surface area contributed by atoms with Crippen molar-refractivity contribution in [3.8, 4) is 0 Å². The predicted octanol–water partition coefficient (Wildman–Crippen LogP) is 0.921. The lowest BCUT2D eigenvalue weighted by atomic mass is 9.90. The third kappa shape index (κ3) is 1.07. The summed E-state index contributed by atoms with van der Waals surface area (Å²) in [5, 5.41) is 2.87. The minimum absolute atomic E-state index is 0.126. The topological polar surface area (TPSA) is 29.1 Å². The Morgan fingerprint density at radius 2 is 2.22 bits per heavy atom. The molecule has 52 valence electrons. The standard InChI is InChI=1S/C7H13NO/c1-5-4-7(2,3)6(9)8-5/h5H,4H2,1-3H3,(H,8,9). The molecular formula is C7H13NO. The summed E-state index contributed by atoms with van der Waals surface area (Å²) < 4.78 is 0. The van der Waals surface area contributed by atoms with Gasteiger partial charge in [-0.05, 0) is 13.3 Å². The number of carbonyl (C=O) groups is 1. The van der Waals surface area contributed by atoms with E-state index in [1.165, 1.54) is 0 Å². The highest BCUT2D eigenvalue weighted by molar-refractivity contribution is 5.84. The fraction of sp³-hybridized carbons (Fsp3) is 0.857. The van der Waals surface area contributed by atoms with Crippen LogP contribution >= 0.6 is 0 Å². The number of hydrogen-bond acceptors (Lipinski definition) is 1. The van der Waals surface area contributed by atoms with E-state index in [2.05, 4.69) is 5.32 Å². The second-order valence-electron chi connectivity index (χ2n) is 3.46. The van der Waals surface area contributed by atoms with Crippen LogP contribution in [0, 0.1) is 5.41 Å². The Labute approximate surface area is 55.6 Å². The van der Waals surface area contributed by atoms with E-state index in [0.717, 1.165) is 6.42 Å². The van der Waals surface area contributed by atoms with Crippen LogP contribution in [0.15, 0.2) is 0 Å². The van der Waals surface area contributed by atoms with Gasteiger partial charge in [0.1, 0.15) is 0 Å². The average molecular weight is 127 g/mol. The Hall–Kier alpha value is -0.530. The minimum Gasteiger partial charge on any atom is -0.353 e. The molecule has 9 heavy (non-hydrogen) atoms. The Kier molecular flexibility index (Phi) is 1.26. The minimum atomic E-state index is -0.126. The van der Waals surface area contributed by atoms with Crippen molar-refractivity contribution in [2.24, 2.45) is 5.41 Å². The maximum atomic E-state index is 11.0. The molecule has 1 heterocycles. The van der Waals surface area contributed by atoms with Crippen LogP contribution in [0.4, 0.5) is 0 Å². The van der Waals surface area contributed by atoms with Gasteiger partial charge in [-0.3, -0.25) is 4.79 Å². The summed E-state index contributed by atoms with van der Waals surface area (Å²) in [4.78, 5) is 11.0. The van der Waals surface area contributed by atoms with E-state index in [9.17, 15) is 4.79 Å². The van der Waals surface area contributed by atoms with Gasteiger partial charge in [-0.1, -0.05) is 13.8 Å². The van der Waals surface area contributed by atoms with Crippen LogP contribution in [-0.2, 0) is 4.79 Å². The first kappa shape index (κ1) is 6.59. The average Bonchev–Trinajstić information content (AvgIpc) is 1.79. The van der Waals surface area contributed by atoms with Crippen molar-refractivity contribution in [1.82, 2.24) is 5.32 Å². The molecule has 1 aliphatic rings. The van der Waals surface area contributed by atoms with Crippen molar-refractivity contribution < 1.29 is 4.79 Å². The monoisotopic (exact) mass is 127 g/mol. The molecule has 1 atom stereocenters. The predicted molar refractivity (Wildman–Crippen MR) is 36.0 cm³/mol. The van der Waals surface area contributed by atoms with E-state index in [-0.39, 0.29) is 11.3 Å². The number of carbonyl (C=O) groups excluding carboxylic acids is 1. The van der Waals surface area contributed by atoms with Crippen molar-refractivity contribution in [3.05, 3.63) is 0 Å². The van der Waals surface area contributed by atoms with Crippen LogP contribution in [0.1, 0.15) is 27.2 Å². The molecule has 1 N–H and O–H groups in total. The molecule has 2 heteroatoms. The van der Waals surface area contributed by atoms with Crippen molar-refractivity contribution >= 4 is 5.91 Å². The molecule has 2 nitrogen and oxygen atoms in total. The molecule has 0 aromatic carbocycles. The zero-order valence-corrected chi connectivity index (χ0v) is 6.19. The van der Waals surface area contributed by atoms with E-state index >= 15 is 0 Å². The number of rotatable bonds is 0. The Bertz CT molecular complexity index is 140. The van der Waals surface area contributed by atoms with Crippen LogP contribution in [0.2, 0.25) is 0 Å². The van der Waals surface area contributed by atoms with Gasteiger partial charge in [0.05, 0.1) is 0 Å². The fourth-order valence-electron chi connectivity index (χ4n) is 1.33. The van der Waals surface area contributed by atoms with Crippen molar-refractivity contribution in [1.29, 1.82) is 0 Å². The zero-order valence-electron chi connectivity index (χ0n) is 6.19. The van der Waals surface area contributed by atoms with Crippen LogP contribution in [0.25, 0.3) is 0 Å². The van der Waals surface area contributed by atoms with E-state index in [0.29, 0.717) is 6.04 Å². The lowest BCUT2D eigenvalue weighted by Crippen LogP contribution is -2.27. The molecule has 0 bridgehead atoms. The number of nitrogens with one attached hydrogen (secondary N) is 1. The molecule has 0 radical (unpaired) electrons. The largest absolute Gasteiger partial charge is 0.353 e. The Morgan fingerprint density at radius 1 is 1.67 bits per heavy atom. The van der Waals surface area contributed by atoms with E-state index in [4.69, 9.17) is 0 Å².